The van der Waals surface area contributed by atoms with Gasteiger partial charge in [0.15, 0.2) is 0 Å². The molecule has 1 unspecified atom stereocenters. The molecule has 17 heavy (non-hydrogen) atoms. The van der Waals surface area contributed by atoms with Gasteiger partial charge in [0.05, 0.1) is 12.6 Å². The van der Waals surface area contributed by atoms with Gasteiger partial charge in [0.25, 0.3) is 5.91 Å². The SMILES string of the molecule is COCC(CN)NC(=O)c1cccc(C)c1C. The Morgan fingerprint density at radius 3 is 2.76 bits per heavy atom. The molecule has 0 saturated carbocycles. The average molecular weight is 236 g/mol. The Morgan fingerprint density at radius 2 is 2.18 bits per heavy atom. The molecule has 0 aliphatic carbocycles. The molecule has 3 N–H and O–H groups in total. The molecule has 0 aliphatic rings. The number of ether oxygens (including phenoxy) is 1. The van der Waals surface area contributed by atoms with Crippen LogP contribution >= 0.6 is 0 Å². The number of carbonyl (C=O) groups excluding carboxylic acids is 1. The molecule has 4 heteroatoms. The zero-order valence-electron chi connectivity index (χ0n) is 10.6. The van der Waals surface area contributed by atoms with E-state index in [9.17, 15) is 4.79 Å². The average Bonchev–Trinajstić information content (AvgIpc) is 2.31. The maximum absolute atomic E-state index is 12.0. The van der Waals surface area contributed by atoms with E-state index >= 15 is 0 Å². The third kappa shape index (κ3) is 3.54. The molecule has 0 heterocycles. The molecule has 0 aromatic heterocycles. The molecular weight excluding hydrogens is 216 g/mol. The Labute approximate surface area is 102 Å². The van der Waals surface area contributed by atoms with Crippen LogP contribution in [0.25, 0.3) is 0 Å². The number of amides is 1. The highest BCUT2D eigenvalue weighted by Crippen LogP contribution is 2.12. The minimum Gasteiger partial charge on any atom is -0.383 e. The minimum absolute atomic E-state index is 0.0984. The molecule has 1 aromatic carbocycles. The first-order valence-electron chi connectivity index (χ1n) is 5.66. The van der Waals surface area contributed by atoms with E-state index in [1.165, 1.54) is 0 Å². The van der Waals surface area contributed by atoms with Gasteiger partial charge in [-0.05, 0) is 31.0 Å². The van der Waals surface area contributed by atoms with Gasteiger partial charge >= 0.3 is 0 Å². The molecule has 0 fully saturated rings. The Bertz CT molecular complexity index is 391. The van der Waals surface area contributed by atoms with Gasteiger partial charge in [0, 0.05) is 19.2 Å². The topological polar surface area (TPSA) is 64.3 Å². The summed E-state index contributed by atoms with van der Waals surface area (Å²) in [7, 11) is 1.59. The minimum atomic E-state index is -0.146. The van der Waals surface area contributed by atoms with E-state index < -0.39 is 0 Å². The fourth-order valence-electron chi connectivity index (χ4n) is 1.63. The highest BCUT2D eigenvalue weighted by molar-refractivity contribution is 5.96. The van der Waals surface area contributed by atoms with Crippen LogP contribution < -0.4 is 11.1 Å². The summed E-state index contributed by atoms with van der Waals surface area (Å²) in [6.07, 6.45) is 0. The second-order valence-electron chi connectivity index (χ2n) is 4.11. The standard InChI is InChI=1S/C13H20N2O2/c1-9-5-4-6-12(10(9)2)13(16)15-11(7-14)8-17-3/h4-6,11H,7-8,14H2,1-3H3,(H,15,16). The number of nitrogens with one attached hydrogen (secondary N) is 1. The van der Waals surface area contributed by atoms with E-state index in [1.54, 1.807) is 7.11 Å². The van der Waals surface area contributed by atoms with Crippen molar-refractivity contribution in [3.8, 4) is 0 Å². The summed E-state index contributed by atoms with van der Waals surface area (Å²) < 4.78 is 4.99. The summed E-state index contributed by atoms with van der Waals surface area (Å²) in [6, 6.07) is 5.54. The predicted molar refractivity (Wildman–Crippen MR) is 68.1 cm³/mol. The number of hydrogen-bond acceptors (Lipinski definition) is 3. The second-order valence-corrected chi connectivity index (χ2v) is 4.11. The molecule has 0 aliphatic heterocycles. The number of rotatable bonds is 5. The van der Waals surface area contributed by atoms with Crippen LogP contribution in [0.5, 0.6) is 0 Å². The van der Waals surface area contributed by atoms with Crippen LogP contribution in [-0.4, -0.2) is 32.2 Å². The highest BCUT2D eigenvalue weighted by Gasteiger charge is 2.14. The molecule has 1 aromatic rings. The number of carbonyl (C=O) groups is 1. The van der Waals surface area contributed by atoms with Crippen LogP contribution in [-0.2, 0) is 4.74 Å². The molecule has 1 amide bonds. The maximum Gasteiger partial charge on any atom is 0.251 e. The van der Waals surface area contributed by atoms with Gasteiger partial charge < -0.3 is 15.8 Å². The van der Waals surface area contributed by atoms with Crippen molar-refractivity contribution in [2.75, 3.05) is 20.3 Å². The van der Waals surface area contributed by atoms with Gasteiger partial charge in [-0.2, -0.15) is 0 Å². The summed E-state index contributed by atoms with van der Waals surface area (Å²) in [4.78, 5) is 12.0. The third-order valence-electron chi connectivity index (χ3n) is 2.84. The van der Waals surface area contributed by atoms with Gasteiger partial charge in [-0.3, -0.25) is 4.79 Å². The summed E-state index contributed by atoms with van der Waals surface area (Å²) in [5.74, 6) is -0.0984. The van der Waals surface area contributed by atoms with Crippen LogP contribution in [0.3, 0.4) is 0 Å². The van der Waals surface area contributed by atoms with Crippen molar-refractivity contribution in [1.82, 2.24) is 5.32 Å². The first-order valence-corrected chi connectivity index (χ1v) is 5.66. The lowest BCUT2D eigenvalue weighted by molar-refractivity contribution is 0.0900. The number of methoxy groups -OCH3 is 1. The Morgan fingerprint density at radius 1 is 1.47 bits per heavy atom. The summed E-state index contributed by atoms with van der Waals surface area (Å²) in [5.41, 5.74) is 8.36. The fraction of sp³-hybridized carbons (Fsp3) is 0.462. The summed E-state index contributed by atoms with van der Waals surface area (Å²) in [5, 5.41) is 2.86. The molecule has 0 spiro atoms. The van der Waals surface area contributed by atoms with Crippen molar-refractivity contribution in [3.63, 3.8) is 0 Å². The lowest BCUT2D eigenvalue weighted by Crippen LogP contribution is -2.43. The van der Waals surface area contributed by atoms with Crippen LogP contribution in [0, 0.1) is 13.8 Å². The van der Waals surface area contributed by atoms with Crippen molar-refractivity contribution in [3.05, 3.63) is 34.9 Å². The third-order valence-corrected chi connectivity index (χ3v) is 2.84. The largest absolute Gasteiger partial charge is 0.383 e. The Hall–Kier alpha value is -1.39. The van der Waals surface area contributed by atoms with Gasteiger partial charge in [-0.1, -0.05) is 12.1 Å². The Balaban J connectivity index is 2.79. The molecular formula is C13H20N2O2. The van der Waals surface area contributed by atoms with Gasteiger partial charge in [0.2, 0.25) is 0 Å². The van der Waals surface area contributed by atoms with Crippen LogP contribution in [0.2, 0.25) is 0 Å². The second kappa shape index (κ2) is 6.37. The number of hydrogen-bond donors (Lipinski definition) is 2. The van der Waals surface area contributed by atoms with Crippen LogP contribution in [0.15, 0.2) is 18.2 Å². The van der Waals surface area contributed by atoms with Crippen molar-refractivity contribution >= 4 is 5.91 Å². The normalized spacial score (nSPS) is 12.2. The smallest absolute Gasteiger partial charge is 0.251 e. The monoisotopic (exact) mass is 236 g/mol. The maximum atomic E-state index is 12.0. The summed E-state index contributed by atoms with van der Waals surface area (Å²) >= 11 is 0. The molecule has 1 atom stereocenters. The van der Waals surface area contributed by atoms with Crippen LogP contribution in [0.4, 0.5) is 0 Å². The first-order chi connectivity index (χ1) is 8.10. The van der Waals surface area contributed by atoms with Crippen LogP contribution in [0.1, 0.15) is 21.5 Å². The van der Waals surface area contributed by atoms with E-state index in [0.29, 0.717) is 18.7 Å². The lowest BCUT2D eigenvalue weighted by atomic mass is 10.0. The highest BCUT2D eigenvalue weighted by atomic mass is 16.5. The molecule has 0 bridgehead atoms. The van der Waals surface area contributed by atoms with Gasteiger partial charge in [0.1, 0.15) is 0 Å². The quantitative estimate of drug-likeness (QED) is 0.802. The summed E-state index contributed by atoms with van der Waals surface area (Å²) in [6.45, 7) is 4.72. The lowest BCUT2D eigenvalue weighted by Gasteiger charge is -2.17. The number of nitrogens with two attached hydrogens (primary N) is 1. The molecule has 0 saturated heterocycles. The van der Waals surface area contributed by atoms with E-state index in [4.69, 9.17) is 10.5 Å². The van der Waals surface area contributed by atoms with Crippen molar-refractivity contribution in [2.45, 2.75) is 19.9 Å². The fourth-order valence-corrected chi connectivity index (χ4v) is 1.63. The predicted octanol–water partition coefficient (Wildman–Crippen LogP) is 1.01. The molecule has 0 radical (unpaired) electrons. The molecule has 1 rings (SSSR count). The first kappa shape index (κ1) is 13.7. The van der Waals surface area contributed by atoms with E-state index in [0.717, 1.165) is 11.1 Å². The van der Waals surface area contributed by atoms with Gasteiger partial charge in [-0.15, -0.1) is 0 Å². The van der Waals surface area contributed by atoms with Crippen molar-refractivity contribution in [1.29, 1.82) is 0 Å². The van der Waals surface area contributed by atoms with E-state index in [2.05, 4.69) is 5.32 Å². The number of aryl methyl sites for hydroxylation is 1. The van der Waals surface area contributed by atoms with E-state index in [-0.39, 0.29) is 11.9 Å². The van der Waals surface area contributed by atoms with Gasteiger partial charge in [-0.25, -0.2) is 0 Å². The molecule has 94 valence electrons. The Kier molecular flexibility index (Phi) is 5.12. The van der Waals surface area contributed by atoms with Crippen molar-refractivity contribution in [2.24, 2.45) is 5.73 Å². The van der Waals surface area contributed by atoms with E-state index in [1.807, 2.05) is 32.0 Å². The molecule has 4 nitrogen and oxygen atoms in total. The zero-order valence-corrected chi connectivity index (χ0v) is 10.6. The number of benzene rings is 1. The van der Waals surface area contributed by atoms with Crippen molar-refractivity contribution < 1.29 is 9.53 Å². The zero-order chi connectivity index (χ0) is 12.8.